The largest absolute Gasteiger partial charge is 0.396 e. The van der Waals surface area contributed by atoms with E-state index in [4.69, 9.17) is 9.84 Å². The van der Waals surface area contributed by atoms with Crippen LogP contribution in [0.3, 0.4) is 0 Å². The normalized spacial score (nSPS) is 24.1. The third-order valence-corrected chi connectivity index (χ3v) is 2.87. The van der Waals surface area contributed by atoms with Gasteiger partial charge in [0.2, 0.25) is 5.91 Å². The van der Waals surface area contributed by atoms with E-state index < -0.39 is 0 Å². The lowest BCUT2D eigenvalue weighted by atomic mass is 9.94. The zero-order valence-corrected chi connectivity index (χ0v) is 10.3. The monoisotopic (exact) mass is 229 g/mol. The zero-order chi connectivity index (χ0) is 12.0. The second kappa shape index (κ2) is 6.21. The summed E-state index contributed by atoms with van der Waals surface area (Å²) in [5.74, 6) is 0.0937. The van der Waals surface area contributed by atoms with Crippen LogP contribution in [-0.2, 0) is 9.53 Å². The Labute approximate surface area is 97.4 Å². The van der Waals surface area contributed by atoms with E-state index in [0.717, 1.165) is 19.3 Å². The molecule has 0 saturated carbocycles. The van der Waals surface area contributed by atoms with Gasteiger partial charge in [-0.1, -0.05) is 0 Å². The van der Waals surface area contributed by atoms with Crippen LogP contribution in [0.4, 0.5) is 0 Å². The summed E-state index contributed by atoms with van der Waals surface area (Å²) in [5, 5.41) is 11.7. The maximum Gasteiger partial charge on any atom is 0.220 e. The third-order valence-electron chi connectivity index (χ3n) is 2.87. The van der Waals surface area contributed by atoms with E-state index in [1.807, 2.05) is 0 Å². The van der Waals surface area contributed by atoms with Crippen molar-refractivity contribution < 1.29 is 14.6 Å². The van der Waals surface area contributed by atoms with E-state index >= 15 is 0 Å². The first-order valence-corrected chi connectivity index (χ1v) is 6.08. The quantitative estimate of drug-likeness (QED) is 0.697. The predicted octanol–water partition coefficient (Wildman–Crippen LogP) is 1.22. The molecule has 1 atom stereocenters. The first-order chi connectivity index (χ1) is 7.53. The van der Waals surface area contributed by atoms with Crippen LogP contribution in [-0.4, -0.2) is 35.9 Å². The topological polar surface area (TPSA) is 58.6 Å². The molecule has 0 bridgehead atoms. The highest BCUT2D eigenvalue weighted by molar-refractivity contribution is 5.76. The molecule has 0 aromatic carbocycles. The number of amides is 1. The highest BCUT2D eigenvalue weighted by atomic mass is 16.5. The lowest BCUT2D eigenvalue weighted by Crippen LogP contribution is -2.45. The van der Waals surface area contributed by atoms with Crippen molar-refractivity contribution in [1.29, 1.82) is 0 Å². The van der Waals surface area contributed by atoms with E-state index in [2.05, 4.69) is 19.2 Å². The van der Waals surface area contributed by atoms with E-state index in [1.54, 1.807) is 0 Å². The summed E-state index contributed by atoms with van der Waals surface area (Å²) in [4.78, 5) is 11.6. The van der Waals surface area contributed by atoms with Gasteiger partial charge in [-0.2, -0.15) is 0 Å². The van der Waals surface area contributed by atoms with Gasteiger partial charge in [0.05, 0.1) is 5.60 Å². The molecule has 0 spiro atoms. The zero-order valence-electron chi connectivity index (χ0n) is 10.3. The van der Waals surface area contributed by atoms with Crippen molar-refractivity contribution in [2.45, 2.75) is 57.6 Å². The molecule has 1 rings (SSSR count). The molecule has 0 aliphatic carbocycles. The molecule has 94 valence electrons. The molecular formula is C12H23NO3. The Morgan fingerprint density at radius 1 is 1.50 bits per heavy atom. The van der Waals surface area contributed by atoms with E-state index in [9.17, 15) is 4.79 Å². The molecule has 1 saturated heterocycles. The minimum Gasteiger partial charge on any atom is -0.396 e. The average Bonchev–Trinajstić information content (AvgIpc) is 2.16. The lowest BCUT2D eigenvalue weighted by molar-refractivity contribution is -0.124. The maximum atomic E-state index is 11.6. The van der Waals surface area contributed by atoms with Gasteiger partial charge in [-0.15, -0.1) is 0 Å². The predicted molar refractivity (Wildman–Crippen MR) is 62.1 cm³/mol. The molecule has 1 heterocycles. The first-order valence-electron chi connectivity index (χ1n) is 6.08. The number of hydrogen-bond acceptors (Lipinski definition) is 3. The number of aliphatic hydroxyl groups is 1. The Morgan fingerprint density at radius 2 is 2.25 bits per heavy atom. The number of unbranched alkanes of at least 4 members (excludes halogenated alkanes) is 1. The van der Waals surface area contributed by atoms with E-state index in [0.29, 0.717) is 19.4 Å². The molecule has 16 heavy (non-hydrogen) atoms. The number of carbonyl (C=O) groups excluding carboxylic acids is 1. The van der Waals surface area contributed by atoms with Crippen LogP contribution in [0, 0.1) is 0 Å². The Balaban J connectivity index is 2.23. The van der Waals surface area contributed by atoms with Gasteiger partial charge in [-0.3, -0.25) is 4.79 Å². The molecule has 0 aromatic heterocycles. The minimum atomic E-state index is -0.124. The van der Waals surface area contributed by atoms with Crippen LogP contribution >= 0.6 is 0 Å². The molecular weight excluding hydrogens is 206 g/mol. The van der Waals surface area contributed by atoms with Crippen molar-refractivity contribution in [1.82, 2.24) is 5.32 Å². The summed E-state index contributed by atoms with van der Waals surface area (Å²) in [6.07, 6.45) is 3.74. The fraction of sp³-hybridized carbons (Fsp3) is 0.917. The number of nitrogens with one attached hydrogen (secondary N) is 1. The minimum absolute atomic E-state index is 0.0937. The fourth-order valence-electron chi connectivity index (χ4n) is 2.05. The van der Waals surface area contributed by atoms with E-state index in [1.165, 1.54) is 0 Å². The fourth-order valence-corrected chi connectivity index (χ4v) is 2.05. The highest BCUT2D eigenvalue weighted by Gasteiger charge is 2.29. The van der Waals surface area contributed by atoms with Gasteiger partial charge in [0.1, 0.15) is 0 Å². The second-order valence-corrected chi connectivity index (χ2v) is 5.05. The molecule has 4 nitrogen and oxygen atoms in total. The van der Waals surface area contributed by atoms with Crippen molar-refractivity contribution in [2.24, 2.45) is 0 Å². The van der Waals surface area contributed by atoms with Crippen LogP contribution in [0.25, 0.3) is 0 Å². The van der Waals surface area contributed by atoms with Crippen LogP contribution < -0.4 is 5.32 Å². The number of ether oxygens (including phenoxy) is 1. The standard InChI is InChI=1S/C12H23NO3/c1-12(2)9-10(6-8-16-12)13-11(15)5-3-4-7-14/h10,14H,3-9H2,1-2H3,(H,13,15). The molecule has 4 heteroatoms. The summed E-state index contributed by atoms with van der Waals surface area (Å²) in [6, 6.07) is 0.241. The van der Waals surface area contributed by atoms with Crippen molar-refractivity contribution in [3.8, 4) is 0 Å². The van der Waals surface area contributed by atoms with Crippen molar-refractivity contribution in [3.63, 3.8) is 0 Å². The summed E-state index contributed by atoms with van der Waals surface area (Å²) >= 11 is 0. The average molecular weight is 229 g/mol. The van der Waals surface area contributed by atoms with Crippen molar-refractivity contribution >= 4 is 5.91 Å². The number of aliphatic hydroxyl groups excluding tert-OH is 1. The maximum absolute atomic E-state index is 11.6. The molecule has 0 radical (unpaired) electrons. The Morgan fingerprint density at radius 3 is 2.88 bits per heavy atom. The van der Waals surface area contributed by atoms with Crippen LogP contribution in [0.1, 0.15) is 46.0 Å². The van der Waals surface area contributed by atoms with Crippen molar-refractivity contribution in [2.75, 3.05) is 13.2 Å². The highest BCUT2D eigenvalue weighted by Crippen LogP contribution is 2.23. The van der Waals surface area contributed by atoms with Gasteiger partial charge < -0.3 is 15.2 Å². The third kappa shape index (κ3) is 4.94. The molecule has 1 aliphatic rings. The van der Waals surface area contributed by atoms with Gasteiger partial charge in [-0.05, 0) is 39.5 Å². The Kier molecular flexibility index (Phi) is 5.22. The second-order valence-electron chi connectivity index (χ2n) is 5.05. The number of carbonyl (C=O) groups is 1. The summed E-state index contributed by atoms with van der Waals surface area (Å²) < 4.78 is 5.59. The number of rotatable bonds is 5. The van der Waals surface area contributed by atoms with Gasteiger partial charge in [0, 0.05) is 25.7 Å². The smallest absolute Gasteiger partial charge is 0.220 e. The molecule has 1 unspecified atom stereocenters. The Bertz CT molecular complexity index is 228. The van der Waals surface area contributed by atoms with Crippen molar-refractivity contribution in [3.05, 3.63) is 0 Å². The molecule has 0 aromatic rings. The van der Waals surface area contributed by atoms with Crippen LogP contribution in [0.5, 0.6) is 0 Å². The van der Waals surface area contributed by atoms with Gasteiger partial charge in [0.15, 0.2) is 0 Å². The molecule has 1 fully saturated rings. The molecule has 2 N–H and O–H groups in total. The van der Waals surface area contributed by atoms with Crippen LogP contribution in [0.2, 0.25) is 0 Å². The summed E-state index contributed by atoms with van der Waals surface area (Å²) in [5.41, 5.74) is -0.124. The van der Waals surface area contributed by atoms with Gasteiger partial charge >= 0.3 is 0 Å². The summed E-state index contributed by atoms with van der Waals surface area (Å²) in [7, 11) is 0. The number of hydrogen-bond donors (Lipinski definition) is 2. The van der Waals surface area contributed by atoms with Crippen LogP contribution in [0.15, 0.2) is 0 Å². The lowest BCUT2D eigenvalue weighted by Gasteiger charge is -2.35. The van der Waals surface area contributed by atoms with E-state index in [-0.39, 0.29) is 24.2 Å². The summed E-state index contributed by atoms with van der Waals surface area (Å²) in [6.45, 7) is 4.99. The molecule has 1 amide bonds. The Hall–Kier alpha value is -0.610. The SMILES string of the molecule is CC1(C)CC(NC(=O)CCCCO)CCO1. The first kappa shape index (κ1) is 13.5. The molecule has 1 aliphatic heterocycles. The van der Waals surface area contributed by atoms with Gasteiger partial charge in [-0.25, -0.2) is 0 Å². The van der Waals surface area contributed by atoms with Gasteiger partial charge in [0.25, 0.3) is 0 Å².